The summed E-state index contributed by atoms with van der Waals surface area (Å²) >= 11 is 2.98. The molecule has 2 aliphatic heterocycles. The molecule has 3 aromatic carbocycles. The van der Waals surface area contributed by atoms with Gasteiger partial charge in [0.2, 0.25) is 11.8 Å². The average Bonchev–Trinajstić information content (AvgIpc) is 3.76. The number of aryl methyl sites for hydroxylation is 1. The van der Waals surface area contributed by atoms with Gasteiger partial charge in [0, 0.05) is 16.0 Å². The predicted molar refractivity (Wildman–Crippen MR) is 166 cm³/mol. The standard InChI is InChI=1S/C34H30N2O5S2/c1-17-5-3-4-6-19(17)16-41-22-11-7-18(8-12-22)25-26-23-15-24(29(26)42-31-30(25)43-34(39)35-31)28-27(23)32(37)36(33(28)38)20-9-13-21(40-2)14-10-20/h3-14,23-29H,15-16H2,1-2H3,(H,35,39)/t23-,24-,25?,26?,27?,28?,29?/m1/s1. The minimum atomic E-state index is -0.335. The van der Waals surface area contributed by atoms with Gasteiger partial charge in [-0.2, -0.15) is 0 Å². The lowest BCUT2D eigenvalue weighted by Crippen LogP contribution is -2.42. The van der Waals surface area contributed by atoms with E-state index in [-0.39, 0.29) is 57.4 Å². The highest BCUT2D eigenvalue weighted by Crippen LogP contribution is 2.68. The van der Waals surface area contributed by atoms with E-state index >= 15 is 0 Å². The summed E-state index contributed by atoms with van der Waals surface area (Å²) in [6, 6.07) is 23.6. The number of carbonyl (C=O) groups is 2. The summed E-state index contributed by atoms with van der Waals surface area (Å²) in [5.41, 5.74) is 4.06. The number of nitrogens with zero attached hydrogens (tertiary/aromatic N) is 1. The van der Waals surface area contributed by atoms with Crippen LogP contribution in [-0.2, 0) is 16.2 Å². The van der Waals surface area contributed by atoms with Gasteiger partial charge in [-0.3, -0.25) is 19.3 Å². The molecule has 2 amide bonds. The number of H-pyrrole nitrogens is 1. The number of benzene rings is 3. The van der Waals surface area contributed by atoms with Crippen LogP contribution in [0, 0.1) is 36.5 Å². The number of aromatic amines is 1. The summed E-state index contributed by atoms with van der Waals surface area (Å²) in [6.07, 6.45) is 0.860. The molecule has 3 heterocycles. The van der Waals surface area contributed by atoms with E-state index < -0.39 is 0 Å². The van der Waals surface area contributed by atoms with Gasteiger partial charge in [-0.1, -0.05) is 47.7 Å². The van der Waals surface area contributed by atoms with Crippen LogP contribution in [0.4, 0.5) is 5.69 Å². The number of thiazole rings is 1. The molecule has 1 saturated heterocycles. The van der Waals surface area contributed by atoms with Crippen molar-refractivity contribution in [2.24, 2.45) is 29.6 Å². The van der Waals surface area contributed by atoms with E-state index in [9.17, 15) is 14.4 Å². The van der Waals surface area contributed by atoms with Crippen LogP contribution >= 0.6 is 23.1 Å². The van der Waals surface area contributed by atoms with Crippen molar-refractivity contribution in [2.75, 3.05) is 12.0 Å². The highest BCUT2D eigenvalue weighted by atomic mass is 32.2. The fraction of sp³-hybridized carbons (Fsp3) is 0.324. The number of anilines is 1. The van der Waals surface area contributed by atoms with E-state index in [2.05, 4.69) is 36.2 Å². The number of imide groups is 1. The second-order valence-electron chi connectivity index (χ2n) is 12.0. The van der Waals surface area contributed by atoms with Gasteiger partial charge < -0.3 is 14.5 Å². The summed E-state index contributed by atoms with van der Waals surface area (Å²) < 4.78 is 11.4. The first-order valence-electron chi connectivity index (χ1n) is 14.6. The minimum Gasteiger partial charge on any atom is -0.497 e. The van der Waals surface area contributed by atoms with E-state index in [1.165, 1.54) is 21.8 Å². The third kappa shape index (κ3) is 4.12. The van der Waals surface area contributed by atoms with Crippen molar-refractivity contribution < 1.29 is 19.1 Å². The summed E-state index contributed by atoms with van der Waals surface area (Å²) in [4.78, 5) is 45.8. The van der Waals surface area contributed by atoms with Crippen molar-refractivity contribution in [3.8, 4) is 11.5 Å². The number of hydrogen-bond donors (Lipinski definition) is 1. The number of methoxy groups -OCH3 is 1. The van der Waals surface area contributed by atoms with Gasteiger partial charge >= 0.3 is 4.87 Å². The highest BCUT2D eigenvalue weighted by molar-refractivity contribution is 8.00. The Kier molecular flexibility index (Phi) is 6.31. The van der Waals surface area contributed by atoms with E-state index in [4.69, 9.17) is 9.47 Å². The Morgan fingerprint density at radius 2 is 1.58 bits per heavy atom. The molecule has 43 heavy (non-hydrogen) atoms. The summed E-state index contributed by atoms with van der Waals surface area (Å²) in [7, 11) is 1.59. The van der Waals surface area contributed by atoms with Crippen LogP contribution in [0.1, 0.15) is 33.9 Å². The molecule has 2 saturated carbocycles. The number of hydrogen-bond acceptors (Lipinski definition) is 7. The molecule has 8 rings (SSSR count). The van der Waals surface area contributed by atoms with Crippen molar-refractivity contribution in [2.45, 2.75) is 36.1 Å². The lowest BCUT2D eigenvalue weighted by molar-refractivity contribution is -0.123. The van der Waals surface area contributed by atoms with E-state index in [1.807, 2.05) is 24.3 Å². The molecule has 0 radical (unpaired) electrons. The molecule has 4 aromatic rings. The van der Waals surface area contributed by atoms with Gasteiger partial charge in [0.05, 0.1) is 29.7 Å². The van der Waals surface area contributed by atoms with Crippen LogP contribution in [0.3, 0.4) is 0 Å². The van der Waals surface area contributed by atoms with Crippen LogP contribution < -0.4 is 19.2 Å². The molecule has 2 aliphatic carbocycles. The number of rotatable bonds is 6. The van der Waals surface area contributed by atoms with E-state index in [1.54, 1.807) is 43.1 Å². The minimum absolute atomic E-state index is 0.0236. The second kappa shape index (κ2) is 10.1. The average molecular weight is 611 g/mol. The van der Waals surface area contributed by atoms with Gasteiger partial charge in [0.1, 0.15) is 18.1 Å². The maximum atomic E-state index is 14.0. The Morgan fingerprint density at radius 1 is 0.884 bits per heavy atom. The van der Waals surface area contributed by atoms with Crippen LogP contribution in [0.15, 0.2) is 82.6 Å². The molecule has 1 N–H and O–H groups in total. The first-order chi connectivity index (χ1) is 20.9. The molecule has 0 spiro atoms. The van der Waals surface area contributed by atoms with Crippen LogP contribution in [0.25, 0.3) is 0 Å². The van der Waals surface area contributed by atoms with Crippen LogP contribution in [-0.4, -0.2) is 29.2 Å². The van der Waals surface area contributed by atoms with E-state index in [0.29, 0.717) is 18.0 Å². The molecule has 9 heteroatoms. The number of ether oxygens (including phenoxy) is 2. The molecule has 3 fully saturated rings. The molecule has 7 nitrogen and oxygen atoms in total. The first-order valence-corrected chi connectivity index (χ1v) is 16.3. The second-order valence-corrected chi connectivity index (χ2v) is 14.2. The lowest BCUT2D eigenvalue weighted by atomic mass is 9.68. The number of nitrogens with one attached hydrogen (secondary N) is 1. The molecule has 4 aliphatic rings. The molecule has 218 valence electrons. The molecule has 7 atom stereocenters. The number of aromatic nitrogens is 1. The Hall–Kier alpha value is -3.82. The summed E-state index contributed by atoms with van der Waals surface area (Å²) in [5.74, 6) is 0.906. The zero-order chi connectivity index (χ0) is 29.4. The molecule has 5 unspecified atom stereocenters. The van der Waals surface area contributed by atoms with Crippen LogP contribution in [0.5, 0.6) is 11.5 Å². The predicted octanol–water partition coefficient (Wildman–Crippen LogP) is 6.01. The molecular weight excluding hydrogens is 581 g/mol. The van der Waals surface area contributed by atoms with Gasteiger partial charge in [0.15, 0.2) is 0 Å². The highest BCUT2D eigenvalue weighted by Gasteiger charge is 2.69. The summed E-state index contributed by atoms with van der Waals surface area (Å²) in [5, 5.41) is 1.06. The number of amides is 2. The van der Waals surface area contributed by atoms with Crippen molar-refractivity contribution in [1.29, 1.82) is 0 Å². The number of thioether (sulfide) groups is 1. The maximum Gasteiger partial charge on any atom is 0.305 e. The SMILES string of the molecule is COc1ccc(N2C(=O)C3C(C2=O)[C@@H]2C[C@H]3C3Sc4[nH]c(=O)sc4C(c4ccc(OCc5ccccc5C)cc4)C32)cc1. The number of carbonyl (C=O) groups excluding carboxylic acids is 2. The quantitative estimate of drug-likeness (QED) is 0.269. The third-order valence-electron chi connectivity index (χ3n) is 9.95. The van der Waals surface area contributed by atoms with Gasteiger partial charge in [0.25, 0.3) is 0 Å². The fourth-order valence-corrected chi connectivity index (χ4v) is 11.0. The Bertz CT molecular complexity index is 1800. The third-order valence-corrected chi connectivity index (χ3v) is 12.5. The van der Waals surface area contributed by atoms with Gasteiger partial charge in [-0.05, 0) is 84.2 Å². The largest absolute Gasteiger partial charge is 0.497 e. The monoisotopic (exact) mass is 610 g/mol. The van der Waals surface area contributed by atoms with Crippen molar-refractivity contribution in [3.05, 3.63) is 104 Å². The number of fused-ring (bicyclic) bond motifs is 9. The van der Waals surface area contributed by atoms with Crippen molar-refractivity contribution >= 4 is 40.6 Å². The first kappa shape index (κ1) is 26.8. The zero-order valence-corrected chi connectivity index (χ0v) is 25.3. The van der Waals surface area contributed by atoms with Gasteiger partial charge in [-0.15, -0.1) is 11.8 Å². The fourth-order valence-electron chi connectivity index (χ4n) is 8.08. The lowest BCUT2D eigenvalue weighted by Gasteiger charge is -2.43. The Morgan fingerprint density at radius 3 is 2.30 bits per heavy atom. The molecule has 2 bridgehead atoms. The molecular formula is C34H30N2O5S2. The maximum absolute atomic E-state index is 14.0. The van der Waals surface area contributed by atoms with Crippen molar-refractivity contribution in [3.63, 3.8) is 0 Å². The smallest absolute Gasteiger partial charge is 0.305 e. The molecule has 1 aromatic heterocycles. The van der Waals surface area contributed by atoms with Crippen LogP contribution in [0.2, 0.25) is 0 Å². The zero-order valence-electron chi connectivity index (χ0n) is 23.7. The van der Waals surface area contributed by atoms with Gasteiger partial charge in [-0.25, -0.2) is 0 Å². The Labute approximate surface area is 257 Å². The summed E-state index contributed by atoms with van der Waals surface area (Å²) in [6.45, 7) is 2.58. The van der Waals surface area contributed by atoms with E-state index in [0.717, 1.165) is 33.2 Å². The normalized spacial score (nSPS) is 28.5. The van der Waals surface area contributed by atoms with Crippen molar-refractivity contribution in [1.82, 2.24) is 4.98 Å². The Balaban J connectivity index is 1.11. The topological polar surface area (TPSA) is 88.7 Å².